The normalized spacial score (nSPS) is 16.5. The summed E-state index contributed by atoms with van der Waals surface area (Å²) in [6, 6.07) is 8.72. The fourth-order valence-electron chi connectivity index (χ4n) is 2.86. The maximum absolute atomic E-state index is 12.3. The minimum Gasteiger partial charge on any atom is -0.493 e. The molecular formula is C18H21N3O4S. The van der Waals surface area contributed by atoms with Crippen LogP contribution in [0.2, 0.25) is 0 Å². The standard InChI is InChI=1S/C18H21N3O4S/c1-24-15-6-5-13(9-16(15)25-2)21-11-12(8-17(21)22)20-18(23)19-10-14-4-3-7-26-14/h3-7,9,12H,8,10-11H2,1-2H3,(H2,19,20,23)/t12-/m0/s1. The Kier molecular flexibility index (Phi) is 5.62. The van der Waals surface area contributed by atoms with Crippen molar-refractivity contribution >= 4 is 29.0 Å². The lowest BCUT2D eigenvalue weighted by molar-refractivity contribution is -0.117. The third kappa shape index (κ3) is 4.08. The second kappa shape index (κ2) is 8.09. The Morgan fingerprint density at radius 2 is 2.08 bits per heavy atom. The first-order chi connectivity index (χ1) is 12.6. The molecule has 0 saturated carbocycles. The molecule has 1 atom stereocenters. The van der Waals surface area contributed by atoms with Gasteiger partial charge in [-0.25, -0.2) is 4.79 Å². The molecule has 0 aliphatic carbocycles. The van der Waals surface area contributed by atoms with E-state index in [0.717, 1.165) is 10.6 Å². The molecule has 0 unspecified atom stereocenters. The molecule has 2 aromatic rings. The van der Waals surface area contributed by atoms with Crippen LogP contribution in [0.4, 0.5) is 10.5 Å². The van der Waals surface area contributed by atoms with Gasteiger partial charge in [-0.15, -0.1) is 11.3 Å². The van der Waals surface area contributed by atoms with Gasteiger partial charge in [0, 0.05) is 29.6 Å². The predicted molar refractivity (Wildman–Crippen MR) is 100.0 cm³/mol. The zero-order valence-corrected chi connectivity index (χ0v) is 15.5. The molecule has 1 aromatic carbocycles. The van der Waals surface area contributed by atoms with Crippen LogP contribution < -0.4 is 25.0 Å². The zero-order chi connectivity index (χ0) is 18.5. The molecule has 8 heteroatoms. The Bertz CT molecular complexity index is 779. The van der Waals surface area contributed by atoms with Crippen LogP contribution in [-0.4, -0.2) is 38.7 Å². The Morgan fingerprint density at radius 3 is 2.77 bits per heavy atom. The van der Waals surface area contributed by atoms with Gasteiger partial charge in [0.1, 0.15) is 0 Å². The summed E-state index contributed by atoms with van der Waals surface area (Å²) in [6.45, 7) is 0.893. The Hall–Kier alpha value is -2.74. The van der Waals surface area contributed by atoms with E-state index < -0.39 is 0 Å². The van der Waals surface area contributed by atoms with Gasteiger partial charge in [0.05, 0.1) is 26.8 Å². The molecule has 2 N–H and O–H groups in total. The molecule has 1 aliphatic rings. The van der Waals surface area contributed by atoms with E-state index in [0.29, 0.717) is 24.6 Å². The number of urea groups is 1. The number of hydrogen-bond acceptors (Lipinski definition) is 5. The fraction of sp³-hybridized carbons (Fsp3) is 0.333. The van der Waals surface area contributed by atoms with Gasteiger partial charge in [-0.05, 0) is 23.6 Å². The number of anilines is 1. The van der Waals surface area contributed by atoms with Crippen LogP contribution in [0, 0.1) is 0 Å². The van der Waals surface area contributed by atoms with Crippen molar-refractivity contribution in [3.63, 3.8) is 0 Å². The molecule has 1 aromatic heterocycles. The molecule has 3 rings (SSSR count). The van der Waals surface area contributed by atoms with Crippen molar-refractivity contribution in [2.45, 2.75) is 19.0 Å². The first-order valence-electron chi connectivity index (χ1n) is 8.20. The van der Waals surface area contributed by atoms with Crippen molar-refractivity contribution in [1.82, 2.24) is 10.6 Å². The number of amides is 3. The highest BCUT2D eigenvalue weighted by Gasteiger charge is 2.32. The third-order valence-electron chi connectivity index (χ3n) is 4.14. The van der Waals surface area contributed by atoms with E-state index in [-0.39, 0.29) is 24.4 Å². The van der Waals surface area contributed by atoms with E-state index in [4.69, 9.17) is 9.47 Å². The number of ether oxygens (including phenoxy) is 2. The molecule has 1 fully saturated rings. The molecule has 2 heterocycles. The number of methoxy groups -OCH3 is 2. The van der Waals surface area contributed by atoms with Crippen LogP contribution in [0.25, 0.3) is 0 Å². The number of thiophene rings is 1. The maximum atomic E-state index is 12.3. The SMILES string of the molecule is COc1ccc(N2C[C@@H](NC(=O)NCc3cccs3)CC2=O)cc1OC. The highest BCUT2D eigenvalue weighted by Crippen LogP contribution is 2.33. The molecule has 0 radical (unpaired) electrons. The minimum atomic E-state index is -0.273. The van der Waals surface area contributed by atoms with Gasteiger partial charge < -0.3 is 25.0 Å². The van der Waals surface area contributed by atoms with Crippen LogP contribution >= 0.6 is 11.3 Å². The molecule has 0 spiro atoms. The van der Waals surface area contributed by atoms with Crippen molar-refractivity contribution in [3.8, 4) is 11.5 Å². The second-order valence-corrected chi connectivity index (χ2v) is 6.88. The molecule has 7 nitrogen and oxygen atoms in total. The van der Waals surface area contributed by atoms with E-state index in [2.05, 4.69) is 10.6 Å². The summed E-state index contributed by atoms with van der Waals surface area (Å²) in [4.78, 5) is 27.1. The average Bonchev–Trinajstić information content (AvgIpc) is 3.29. The van der Waals surface area contributed by atoms with Gasteiger partial charge in [-0.2, -0.15) is 0 Å². The molecular weight excluding hydrogens is 354 g/mol. The van der Waals surface area contributed by atoms with Gasteiger partial charge in [-0.1, -0.05) is 6.07 Å². The minimum absolute atomic E-state index is 0.0409. The van der Waals surface area contributed by atoms with Gasteiger partial charge in [0.2, 0.25) is 5.91 Å². The highest BCUT2D eigenvalue weighted by atomic mass is 32.1. The lowest BCUT2D eigenvalue weighted by Crippen LogP contribution is -2.43. The molecule has 26 heavy (non-hydrogen) atoms. The summed E-state index contributed by atoms with van der Waals surface area (Å²) < 4.78 is 10.5. The summed E-state index contributed by atoms with van der Waals surface area (Å²) in [5, 5.41) is 7.63. The Morgan fingerprint density at radius 1 is 1.27 bits per heavy atom. The van der Waals surface area contributed by atoms with Crippen molar-refractivity contribution in [3.05, 3.63) is 40.6 Å². The molecule has 1 saturated heterocycles. The lowest BCUT2D eigenvalue weighted by Gasteiger charge is -2.19. The van der Waals surface area contributed by atoms with E-state index in [1.807, 2.05) is 17.5 Å². The number of benzene rings is 1. The highest BCUT2D eigenvalue weighted by molar-refractivity contribution is 7.09. The van der Waals surface area contributed by atoms with Gasteiger partial charge in [0.15, 0.2) is 11.5 Å². The number of carbonyl (C=O) groups is 2. The van der Waals surface area contributed by atoms with Crippen LogP contribution in [0.5, 0.6) is 11.5 Å². The molecule has 1 aliphatic heterocycles. The van der Waals surface area contributed by atoms with E-state index >= 15 is 0 Å². The number of rotatable bonds is 6. The monoisotopic (exact) mass is 375 g/mol. The number of hydrogen-bond donors (Lipinski definition) is 2. The largest absolute Gasteiger partial charge is 0.493 e. The van der Waals surface area contributed by atoms with Gasteiger partial charge in [-0.3, -0.25) is 4.79 Å². The van der Waals surface area contributed by atoms with Crippen LogP contribution in [-0.2, 0) is 11.3 Å². The van der Waals surface area contributed by atoms with Crippen LogP contribution in [0.1, 0.15) is 11.3 Å². The van der Waals surface area contributed by atoms with E-state index in [9.17, 15) is 9.59 Å². The zero-order valence-electron chi connectivity index (χ0n) is 14.7. The quantitative estimate of drug-likeness (QED) is 0.812. The topological polar surface area (TPSA) is 79.9 Å². The number of nitrogens with one attached hydrogen (secondary N) is 2. The first kappa shape index (κ1) is 18.1. The average molecular weight is 375 g/mol. The summed E-state index contributed by atoms with van der Waals surface area (Å²) in [5.41, 5.74) is 0.718. The summed E-state index contributed by atoms with van der Waals surface area (Å²) >= 11 is 1.59. The summed E-state index contributed by atoms with van der Waals surface area (Å²) in [7, 11) is 3.11. The number of nitrogens with zero attached hydrogens (tertiary/aromatic N) is 1. The molecule has 0 bridgehead atoms. The van der Waals surface area contributed by atoms with Gasteiger partial charge in [0.25, 0.3) is 0 Å². The maximum Gasteiger partial charge on any atom is 0.315 e. The van der Waals surface area contributed by atoms with E-state index in [1.165, 1.54) is 0 Å². The summed E-state index contributed by atoms with van der Waals surface area (Å²) in [6.07, 6.45) is 0.265. The smallest absolute Gasteiger partial charge is 0.315 e. The molecule has 138 valence electrons. The first-order valence-corrected chi connectivity index (χ1v) is 9.08. The lowest BCUT2D eigenvalue weighted by atomic mass is 10.2. The Balaban J connectivity index is 1.59. The fourth-order valence-corrected chi connectivity index (χ4v) is 3.51. The molecule has 3 amide bonds. The van der Waals surface area contributed by atoms with Crippen LogP contribution in [0.15, 0.2) is 35.7 Å². The van der Waals surface area contributed by atoms with Gasteiger partial charge >= 0.3 is 6.03 Å². The third-order valence-corrected chi connectivity index (χ3v) is 5.02. The predicted octanol–water partition coefficient (Wildman–Crippen LogP) is 2.37. The van der Waals surface area contributed by atoms with Crippen molar-refractivity contribution in [2.75, 3.05) is 25.7 Å². The van der Waals surface area contributed by atoms with Crippen molar-refractivity contribution in [2.24, 2.45) is 0 Å². The van der Waals surface area contributed by atoms with Crippen molar-refractivity contribution < 1.29 is 19.1 Å². The second-order valence-electron chi connectivity index (χ2n) is 5.85. The van der Waals surface area contributed by atoms with E-state index in [1.54, 1.807) is 48.7 Å². The summed E-state index contributed by atoms with van der Waals surface area (Å²) in [5.74, 6) is 1.12. The Labute approximate surface area is 155 Å². The van der Waals surface area contributed by atoms with Crippen LogP contribution in [0.3, 0.4) is 0 Å². The van der Waals surface area contributed by atoms with Crippen molar-refractivity contribution in [1.29, 1.82) is 0 Å². The number of carbonyl (C=O) groups excluding carboxylic acids is 2.